The number of anilines is 1. The molecule has 8 nitrogen and oxygen atoms in total. The lowest BCUT2D eigenvalue weighted by atomic mass is 10.1. The molecule has 0 aromatic heterocycles. The van der Waals surface area contributed by atoms with E-state index in [1.165, 1.54) is 14.2 Å². The Morgan fingerprint density at radius 2 is 1.52 bits per heavy atom. The Morgan fingerprint density at radius 3 is 2.03 bits per heavy atom. The van der Waals surface area contributed by atoms with Crippen LogP contribution >= 0.6 is 0 Å². The number of carbonyl (C=O) groups is 3. The van der Waals surface area contributed by atoms with E-state index in [4.69, 9.17) is 4.74 Å². The van der Waals surface area contributed by atoms with E-state index in [9.17, 15) is 14.4 Å². The zero-order valence-corrected chi connectivity index (χ0v) is 16.8. The Labute approximate surface area is 169 Å². The maximum Gasteiger partial charge on any atom is 0.354 e. The predicted octanol–water partition coefficient (Wildman–Crippen LogP) is 2.29. The summed E-state index contributed by atoms with van der Waals surface area (Å²) >= 11 is 0. The van der Waals surface area contributed by atoms with Crippen LogP contribution in [-0.4, -0.2) is 51.7 Å². The highest BCUT2D eigenvalue weighted by Crippen LogP contribution is 2.14. The monoisotopic (exact) mass is 397 g/mol. The van der Waals surface area contributed by atoms with Crippen molar-refractivity contribution in [3.63, 3.8) is 0 Å². The van der Waals surface area contributed by atoms with Crippen LogP contribution in [0, 0.1) is 0 Å². The number of nitrogens with zero attached hydrogens (tertiary/aromatic N) is 2. The van der Waals surface area contributed by atoms with Gasteiger partial charge in [0, 0.05) is 30.9 Å². The van der Waals surface area contributed by atoms with E-state index < -0.39 is 11.9 Å². The minimum absolute atomic E-state index is 0.202. The summed E-state index contributed by atoms with van der Waals surface area (Å²) in [5, 5.41) is 3.81. The van der Waals surface area contributed by atoms with Crippen LogP contribution in [-0.2, 0) is 9.53 Å². The summed E-state index contributed by atoms with van der Waals surface area (Å²) in [5.74, 6) is -1.04. The first-order chi connectivity index (χ1) is 13.8. The lowest BCUT2D eigenvalue weighted by Crippen LogP contribution is -2.26. The topological polar surface area (TPSA) is 97.3 Å². The molecule has 0 aliphatic carbocycles. The Kier molecular flexibility index (Phi) is 7.47. The molecule has 29 heavy (non-hydrogen) atoms. The number of carbonyl (C=O) groups excluding carboxylic acids is 3. The molecule has 0 saturated heterocycles. The summed E-state index contributed by atoms with van der Waals surface area (Å²) in [7, 11) is 6.48. The number of nitrogens with one attached hydrogen (secondary N) is 1. The van der Waals surface area contributed by atoms with E-state index in [0.29, 0.717) is 16.9 Å². The summed E-state index contributed by atoms with van der Waals surface area (Å²) in [4.78, 5) is 38.6. The number of ketones is 1. The number of ether oxygens (including phenoxy) is 2. The summed E-state index contributed by atoms with van der Waals surface area (Å²) < 4.78 is 9.72. The number of hydrogen-bond donors (Lipinski definition) is 1. The number of hydrazone groups is 1. The molecule has 1 N–H and O–H groups in total. The first-order valence-electron chi connectivity index (χ1n) is 8.75. The van der Waals surface area contributed by atoms with Crippen molar-refractivity contribution >= 4 is 29.1 Å². The van der Waals surface area contributed by atoms with E-state index in [1.54, 1.807) is 48.5 Å². The van der Waals surface area contributed by atoms with Crippen molar-refractivity contribution in [1.82, 2.24) is 5.43 Å². The smallest absolute Gasteiger partial charge is 0.354 e. The fraction of sp³-hybridized carbons (Fsp3) is 0.238. The van der Waals surface area contributed by atoms with Crippen molar-refractivity contribution in [2.45, 2.75) is 6.42 Å². The minimum atomic E-state index is -0.796. The van der Waals surface area contributed by atoms with E-state index in [2.05, 4.69) is 15.3 Å². The van der Waals surface area contributed by atoms with Gasteiger partial charge in [-0.1, -0.05) is 0 Å². The SMILES string of the molecule is COC(=O)/C(CC(=O)c1ccc(OC)cc1)=N/NC(=O)c1ccc(N(C)C)cc1. The van der Waals surface area contributed by atoms with Crippen LogP contribution in [0.25, 0.3) is 0 Å². The van der Waals surface area contributed by atoms with E-state index >= 15 is 0 Å². The Morgan fingerprint density at radius 1 is 0.931 bits per heavy atom. The van der Waals surface area contributed by atoms with Gasteiger partial charge in [0.05, 0.1) is 20.6 Å². The fourth-order valence-corrected chi connectivity index (χ4v) is 2.40. The molecule has 2 rings (SSSR count). The van der Waals surface area contributed by atoms with Crippen molar-refractivity contribution in [2.24, 2.45) is 5.10 Å². The van der Waals surface area contributed by atoms with Gasteiger partial charge in [-0.25, -0.2) is 10.2 Å². The lowest BCUT2D eigenvalue weighted by Gasteiger charge is -2.12. The van der Waals surface area contributed by atoms with Gasteiger partial charge >= 0.3 is 5.97 Å². The molecule has 0 atom stereocenters. The summed E-state index contributed by atoms with van der Waals surface area (Å²) in [6.07, 6.45) is -0.321. The van der Waals surface area contributed by atoms with Crippen molar-refractivity contribution < 1.29 is 23.9 Å². The van der Waals surface area contributed by atoms with Crippen molar-refractivity contribution in [3.8, 4) is 5.75 Å². The molecular weight excluding hydrogens is 374 g/mol. The van der Waals surface area contributed by atoms with Crippen LogP contribution in [0.3, 0.4) is 0 Å². The number of methoxy groups -OCH3 is 2. The molecule has 0 spiro atoms. The third-order valence-electron chi connectivity index (χ3n) is 4.10. The Balaban J connectivity index is 2.11. The zero-order chi connectivity index (χ0) is 21.4. The normalized spacial score (nSPS) is 10.8. The highest BCUT2D eigenvalue weighted by atomic mass is 16.5. The largest absolute Gasteiger partial charge is 0.497 e. The Hall–Kier alpha value is -3.68. The van der Waals surface area contributed by atoms with Gasteiger partial charge in [0.1, 0.15) is 5.75 Å². The van der Waals surface area contributed by atoms with Gasteiger partial charge in [-0.3, -0.25) is 9.59 Å². The molecular formula is C21H23N3O5. The van der Waals surface area contributed by atoms with Gasteiger partial charge < -0.3 is 14.4 Å². The average molecular weight is 397 g/mol. The second kappa shape index (κ2) is 10.0. The van der Waals surface area contributed by atoms with Gasteiger partial charge in [0.25, 0.3) is 5.91 Å². The van der Waals surface area contributed by atoms with Crippen LogP contribution in [0.4, 0.5) is 5.69 Å². The number of benzene rings is 2. The number of esters is 1. The van der Waals surface area contributed by atoms with Crippen LogP contribution in [0.1, 0.15) is 27.1 Å². The van der Waals surface area contributed by atoms with E-state index in [1.807, 2.05) is 19.0 Å². The van der Waals surface area contributed by atoms with Crippen LogP contribution in [0.15, 0.2) is 53.6 Å². The van der Waals surface area contributed by atoms with Crippen molar-refractivity contribution in [3.05, 3.63) is 59.7 Å². The van der Waals surface area contributed by atoms with Gasteiger partial charge in [-0.05, 0) is 48.5 Å². The van der Waals surface area contributed by atoms with Crippen LogP contribution < -0.4 is 15.1 Å². The molecule has 152 valence electrons. The molecule has 2 aromatic rings. The quantitative estimate of drug-likeness (QED) is 0.318. The molecule has 0 aliphatic heterocycles. The average Bonchev–Trinajstić information content (AvgIpc) is 2.75. The zero-order valence-electron chi connectivity index (χ0n) is 16.8. The van der Waals surface area contributed by atoms with Gasteiger partial charge in [0.2, 0.25) is 0 Å². The highest BCUT2D eigenvalue weighted by molar-refractivity contribution is 6.40. The maximum absolute atomic E-state index is 12.4. The molecule has 1 amide bonds. The molecule has 0 heterocycles. The highest BCUT2D eigenvalue weighted by Gasteiger charge is 2.19. The third-order valence-corrected chi connectivity index (χ3v) is 4.10. The van der Waals surface area contributed by atoms with E-state index in [0.717, 1.165) is 5.69 Å². The van der Waals surface area contributed by atoms with Gasteiger partial charge in [-0.2, -0.15) is 5.10 Å². The number of Topliss-reactive ketones (excluding diaryl/α,β-unsaturated/α-hetero) is 1. The number of amides is 1. The molecule has 0 saturated carbocycles. The Bertz CT molecular complexity index is 903. The van der Waals surface area contributed by atoms with Crippen molar-refractivity contribution in [2.75, 3.05) is 33.2 Å². The van der Waals surface area contributed by atoms with Crippen molar-refractivity contribution in [1.29, 1.82) is 0 Å². The predicted molar refractivity (Wildman–Crippen MR) is 110 cm³/mol. The summed E-state index contributed by atoms with van der Waals surface area (Å²) in [6, 6.07) is 13.3. The molecule has 0 bridgehead atoms. The molecule has 0 unspecified atom stereocenters. The van der Waals surface area contributed by atoms with Crippen LogP contribution in [0.5, 0.6) is 5.75 Å². The summed E-state index contributed by atoms with van der Waals surface area (Å²) in [6.45, 7) is 0. The number of rotatable bonds is 8. The number of hydrogen-bond acceptors (Lipinski definition) is 7. The first kappa shape index (κ1) is 21.6. The molecule has 8 heteroatoms. The first-order valence-corrected chi connectivity index (χ1v) is 8.75. The van der Waals surface area contributed by atoms with Gasteiger partial charge in [0.15, 0.2) is 11.5 Å². The standard InChI is InChI=1S/C21H23N3O5/c1-24(2)16-9-5-15(6-10-16)20(26)23-22-18(21(27)29-4)13-19(25)14-7-11-17(28-3)12-8-14/h5-12H,13H2,1-4H3,(H,23,26)/b22-18+. The fourth-order valence-electron chi connectivity index (χ4n) is 2.40. The second-order valence-electron chi connectivity index (χ2n) is 6.26. The maximum atomic E-state index is 12.4. The molecule has 0 aliphatic rings. The molecule has 0 fully saturated rings. The van der Waals surface area contributed by atoms with Gasteiger partial charge in [-0.15, -0.1) is 0 Å². The molecule has 0 radical (unpaired) electrons. The lowest BCUT2D eigenvalue weighted by molar-refractivity contribution is -0.132. The minimum Gasteiger partial charge on any atom is -0.497 e. The summed E-state index contributed by atoms with van der Waals surface area (Å²) in [5.41, 5.74) is 3.78. The third kappa shape index (κ3) is 5.90. The van der Waals surface area contributed by atoms with E-state index in [-0.39, 0.29) is 17.9 Å². The second-order valence-corrected chi connectivity index (χ2v) is 6.26. The van der Waals surface area contributed by atoms with Crippen LogP contribution in [0.2, 0.25) is 0 Å². The molecule has 2 aromatic carbocycles.